The van der Waals surface area contributed by atoms with Crippen LogP contribution in [0, 0.1) is 18.3 Å². The van der Waals surface area contributed by atoms with E-state index >= 15 is 0 Å². The van der Waals surface area contributed by atoms with Crippen molar-refractivity contribution in [3.63, 3.8) is 0 Å². The van der Waals surface area contributed by atoms with E-state index in [2.05, 4.69) is 18.2 Å². The highest BCUT2D eigenvalue weighted by molar-refractivity contribution is 7.15. The van der Waals surface area contributed by atoms with Gasteiger partial charge in [-0.2, -0.15) is 5.26 Å². The Morgan fingerprint density at radius 3 is 2.60 bits per heavy atom. The van der Waals surface area contributed by atoms with Crippen LogP contribution >= 0.6 is 11.3 Å². The molecule has 4 N–H and O–H groups in total. The third kappa shape index (κ3) is 4.28. The summed E-state index contributed by atoms with van der Waals surface area (Å²) in [6.07, 6.45) is -3.59. The molecule has 180 valence electrons. The Kier molecular flexibility index (Phi) is 6.47. The zero-order valence-corrected chi connectivity index (χ0v) is 19.9. The van der Waals surface area contributed by atoms with E-state index < -0.39 is 37.3 Å². The monoisotopic (exact) mass is 490 g/mol. The van der Waals surface area contributed by atoms with Gasteiger partial charge >= 0.3 is 0 Å². The van der Waals surface area contributed by atoms with Gasteiger partial charge in [0.15, 0.2) is 6.23 Å². The molecule has 5 atom stereocenters. The van der Waals surface area contributed by atoms with Crippen LogP contribution in [-0.2, 0) is 11.2 Å². The molecule has 0 spiro atoms. The van der Waals surface area contributed by atoms with Crippen LogP contribution in [0.2, 0.25) is 0 Å². The van der Waals surface area contributed by atoms with Crippen LogP contribution in [0.4, 0.5) is 0 Å². The second-order valence-corrected chi connectivity index (χ2v) is 10.1. The lowest BCUT2D eigenvalue weighted by molar-refractivity contribution is -0.250. The number of ether oxygens (including phenoxy) is 1. The average Bonchev–Trinajstić information content (AvgIpc) is 3.49. The summed E-state index contributed by atoms with van der Waals surface area (Å²) in [5.74, 6) is 0. The SMILES string of the molecule is Cc1cccc2c1c(Cc1ccc(-c3cccc(C#N)c3)s1)cn2[C@@H]1O[C@H](CO)[C@@H](O)[C@H](O)[C@H]1O. The number of nitrogens with zero attached hydrogens (tertiary/aromatic N) is 2. The molecule has 2 aromatic heterocycles. The molecular weight excluding hydrogens is 464 g/mol. The average molecular weight is 491 g/mol. The van der Waals surface area contributed by atoms with Gasteiger partial charge in [0, 0.05) is 27.8 Å². The predicted molar refractivity (Wildman–Crippen MR) is 133 cm³/mol. The minimum Gasteiger partial charge on any atom is -0.394 e. The zero-order chi connectivity index (χ0) is 24.7. The minimum absolute atomic E-state index is 0.475. The Labute approximate surface area is 206 Å². The molecule has 5 rings (SSSR count). The Morgan fingerprint density at radius 1 is 1.03 bits per heavy atom. The maximum Gasteiger partial charge on any atom is 0.163 e. The minimum atomic E-state index is -1.44. The van der Waals surface area contributed by atoms with Gasteiger partial charge in [-0.25, -0.2) is 0 Å². The number of aliphatic hydroxyl groups is 4. The molecule has 0 unspecified atom stereocenters. The van der Waals surface area contributed by atoms with Crippen molar-refractivity contribution in [2.45, 2.75) is 44.0 Å². The first kappa shape index (κ1) is 23.7. The van der Waals surface area contributed by atoms with E-state index in [0.717, 1.165) is 37.3 Å². The second-order valence-electron chi connectivity index (χ2n) is 8.89. The maximum atomic E-state index is 10.7. The van der Waals surface area contributed by atoms with Gasteiger partial charge in [-0.1, -0.05) is 24.3 Å². The van der Waals surface area contributed by atoms with Crippen LogP contribution < -0.4 is 0 Å². The highest BCUT2D eigenvalue weighted by Crippen LogP contribution is 2.36. The number of hydrogen-bond donors (Lipinski definition) is 4. The second kappa shape index (κ2) is 9.55. The molecular formula is C27H26N2O5S. The fourth-order valence-corrected chi connectivity index (χ4v) is 5.83. The molecule has 1 aliphatic heterocycles. The fraction of sp³-hybridized carbons (Fsp3) is 0.296. The summed E-state index contributed by atoms with van der Waals surface area (Å²) in [6, 6.07) is 19.7. The zero-order valence-electron chi connectivity index (χ0n) is 19.1. The standard InChI is InChI=1S/C27H26N2O5S/c1-15-4-2-7-20-23(15)18(13-29(20)27-26(33)25(32)24(31)21(14-30)34-27)11-19-8-9-22(35-19)17-6-3-5-16(10-17)12-28/h2-10,13,21,24-27,30-33H,11,14H2,1H3/t21-,24-,25+,26-,27-/m1/s1. The molecule has 0 amide bonds. The molecule has 0 radical (unpaired) electrons. The third-order valence-corrected chi connectivity index (χ3v) is 7.72. The van der Waals surface area contributed by atoms with E-state index in [1.807, 2.05) is 49.5 Å². The Morgan fingerprint density at radius 2 is 1.83 bits per heavy atom. The van der Waals surface area contributed by atoms with Gasteiger partial charge in [-0.05, 0) is 53.9 Å². The van der Waals surface area contributed by atoms with Crippen LogP contribution in [0.15, 0.2) is 60.8 Å². The van der Waals surface area contributed by atoms with E-state index in [0.29, 0.717) is 12.0 Å². The summed E-state index contributed by atoms with van der Waals surface area (Å²) in [4.78, 5) is 2.21. The first-order chi connectivity index (χ1) is 16.9. The van der Waals surface area contributed by atoms with Crippen molar-refractivity contribution in [2.75, 3.05) is 6.61 Å². The number of nitriles is 1. The smallest absolute Gasteiger partial charge is 0.163 e. The predicted octanol–water partition coefficient (Wildman–Crippen LogP) is 3.11. The molecule has 1 fully saturated rings. The van der Waals surface area contributed by atoms with Gasteiger partial charge < -0.3 is 29.7 Å². The summed E-state index contributed by atoms with van der Waals surface area (Å²) in [7, 11) is 0. The number of thiophene rings is 1. The van der Waals surface area contributed by atoms with Crippen molar-refractivity contribution in [3.05, 3.63) is 82.4 Å². The highest BCUT2D eigenvalue weighted by Gasteiger charge is 2.44. The normalized spacial score (nSPS) is 24.5. The summed E-state index contributed by atoms with van der Waals surface area (Å²) in [6.45, 7) is 1.55. The molecule has 1 saturated heterocycles. The summed E-state index contributed by atoms with van der Waals surface area (Å²) < 4.78 is 7.62. The van der Waals surface area contributed by atoms with Gasteiger partial charge in [0.1, 0.15) is 24.4 Å². The Hall–Kier alpha value is -3.03. The largest absolute Gasteiger partial charge is 0.394 e. The molecule has 0 bridgehead atoms. The number of fused-ring (bicyclic) bond motifs is 1. The molecule has 0 aliphatic carbocycles. The van der Waals surface area contributed by atoms with Gasteiger partial charge in [-0.15, -0.1) is 11.3 Å². The van der Waals surface area contributed by atoms with E-state index in [-0.39, 0.29) is 0 Å². The van der Waals surface area contributed by atoms with E-state index in [1.54, 1.807) is 22.0 Å². The van der Waals surface area contributed by atoms with Crippen molar-refractivity contribution < 1.29 is 25.2 Å². The number of aryl methyl sites for hydroxylation is 1. The van der Waals surface area contributed by atoms with Crippen molar-refractivity contribution in [2.24, 2.45) is 0 Å². The van der Waals surface area contributed by atoms with Crippen LogP contribution in [0.25, 0.3) is 21.3 Å². The third-order valence-electron chi connectivity index (χ3n) is 6.59. The van der Waals surface area contributed by atoms with Crippen molar-refractivity contribution in [3.8, 4) is 16.5 Å². The molecule has 8 heteroatoms. The number of hydrogen-bond acceptors (Lipinski definition) is 7. The fourth-order valence-electron chi connectivity index (χ4n) is 4.80. The first-order valence-electron chi connectivity index (χ1n) is 11.4. The van der Waals surface area contributed by atoms with Gasteiger partial charge in [-0.3, -0.25) is 0 Å². The highest BCUT2D eigenvalue weighted by atomic mass is 32.1. The quantitative estimate of drug-likeness (QED) is 0.341. The van der Waals surface area contributed by atoms with Gasteiger partial charge in [0.2, 0.25) is 0 Å². The maximum absolute atomic E-state index is 10.7. The number of aliphatic hydroxyl groups excluding tert-OH is 4. The lowest BCUT2D eigenvalue weighted by Gasteiger charge is -2.40. The van der Waals surface area contributed by atoms with Crippen LogP contribution in [0.1, 0.15) is 27.8 Å². The molecule has 2 aromatic carbocycles. The van der Waals surface area contributed by atoms with Gasteiger partial charge in [0.05, 0.1) is 23.8 Å². The lowest BCUT2D eigenvalue weighted by Crippen LogP contribution is -2.56. The molecule has 3 heterocycles. The number of rotatable bonds is 5. The van der Waals surface area contributed by atoms with Crippen LogP contribution in [0.5, 0.6) is 0 Å². The molecule has 4 aromatic rings. The first-order valence-corrected chi connectivity index (χ1v) is 12.2. The van der Waals surface area contributed by atoms with Crippen molar-refractivity contribution in [1.82, 2.24) is 4.57 Å². The lowest BCUT2D eigenvalue weighted by atomic mass is 9.98. The molecule has 35 heavy (non-hydrogen) atoms. The summed E-state index contributed by atoms with van der Waals surface area (Å²) in [5.41, 5.74) is 4.56. The van der Waals surface area contributed by atoms with E-state index in [4.69, 9.17) is 4.74 Å². The molecule has 7 nitrogen and oxygen atoms in total. The number of aromatic nitrogens is 1. The Bertz CT molecular complexity index is 1400. The molecule has 0 saturated carbocycles. The van der Waals surface area contributed by atoms with E-state index in [9.17, 15) is 25.7 Å². The summed E-state index contributed by atoms with van der Waals surface area (Å²) >= 11 is 1.66. The van der Waals surface area contributed by atoms with Crippen molar-refractivity contribution in [1.29, 1.82) is 5.26 Å². The van der Waals surface area contributed by atoms with Crippen LogP contribution in [-0.4, -0.2) is 56.0 Å². The molecule has 1 aliphatic rings. The van der Waals surface area contributed by atoms with Gasteiger partial charge in [0.25, 0.3) is 0 Å². The number of benzene rings is 2. The van der Waals surface area contributed by atoms with E-state index in [1.165, 1.54) is 0 Å². The summed E-state index contributed by atoms with van der Waals surface area (Å²) in [5, 5.41) is 51.1. The van der Waals surface area contributed by atoms with Crippen LogP contribution in [0.3, 0.4) is 0 Å². The topological polar surface area (TPSA) is 119 Å². The Balaban J connectivity index is 1.52. The van der Waals surface area contributed by atoms with Crippen molar-refractivity contribution >= 4 is 22.2 Å².